The number of unbranched alkanes of at least 4 members (excludes halogenated alkanes) is 11. The Kier molecular flexibility index (Phi) is 20.5. The summed E-state index contributed by atoms with van der Waals surface area (Å²) < 4.78 is 0. The van der Waals surface area contributed by atoms with Crippen LogP contribution in [0.25, 0.3) is 0 Å². The Balaban J connectivity index is 0.000000953. The Morgan fingerprint density at radius 2 is 1.31 bits per heavy atom. The first kappa shape index (κ1) is 27.7. The topological polar surface area (TPSA) is 16.1 Å². The highest BCUT2D eigenvalue weighted by molar-refractivity contribution is 5.85. The molecule has 0 aliphatic carbocycles. The Bertz CT molecular complexity index is 472. The highest BCUT2D eigenvalue weighted by atomic mass is 35.5. The summed E-state index contributed by atoms with van der Waals surface area (Å²) in [6.07, 6.45) is 28.8. The predicted molar refractivity (Wildman–Crippen MR) is 132 cm³/mol. The number of halogens is 1. The third-order valence-electron chi connectivity index (χ3n) is 5.36. The van der Waals surface area contributed by atoms with Gasteiger partial charge in [-0.1, -0.05) is 96.6 Å². The molecule has 0 saturated heterocycles. The molecule has 1 aromatic heterocycles. The van der Waals surface area contributed by atoms with Crippen LogP contribution in [0, 0.1) is 0 Å². The Morgan fingerprint density at radius 1 is 0.759 bits per heavy atom. The molecule has 0 atom stereocenters. The van der Waals surface area contributed by atoms with E-state index >= 15 is 0 Å². The minimum atomic E-state index is 0. The van der Waals surface area contributed by atoms with Crippen LogP contribution in [0.15, 0.2) is 54.5 Å². The van der Waals surface area contributed by atoms with Gasteiger partial charge >= 0.3 is 0 Å². The second kappa shape index (κ2) is 21.4. The highest BCUT2D eigenvalue weighted by Crippen LogP contribution is 2.13. The van der Waals surface area contributed by atoms with Gasteiger partial charge < -0.3 is 4.90 Å². The average molecular weight is 421 g/mol. The first-order valence-corrected chi connectivity index (χ1v) is 11.8. The lowest BCUT2D eigenvalue weighted by Gasteiger charge is -2.22. The molecule has 0 N–H and O–H groups in total. The molecule has 0 spiro atoms. The number of rotatable bonds is 14. The van der Waals surface area contributed by atoms with Gasteiger partial charge in [-0.2, -0.15) is 0 Å². The van der Waals surface area contributed by atoms with Gasteiger partial charge in [0.1, 0.15) is 0 Å². The second-order valence-electron chi connectivity index (χ2n) is 7.86. The smallest absolute Gasteiger partial charge is 0.0359 e. The molecule has 1 aliphatic rings. The van der Waals surface area contributed by atoms with Gasteiger partial charge in [0, 0.05) is 25.5 Å². The van der Waals surface area contributed by atoms with Gasteiger partial charge in [0.2, 0.25) is 0 Å². The zero-order valence-corrected chi connectivity index (χ0v) is 19.8. The van der Waals surface area contributed by atoms with Crippen molar-refractivity contribution in [2.45, 2.75) is 97.3 Å². The van der Waals surface area contributed by atoms with Crippen molar-refractivity contribution in [2.24, 2.45) is 0 Å². The van der Waals surface area contributed by atoms with E-state index in [-0.39, 0.29) is 12.4 Å². The first-order valence-electron chi connectivity index (χ1n) is 11.8. The summed E-state index contributed by atoms with van der Waals surface area (Å²) in [4.78, 5) is 6.24. The summed E-state index contributed by atoms with van der Waals surface area (Å²) in [6, 6.07) is 5.72. The van der Waals surface area contributed by atoms with E-state index in [4.69, 9.17) is 0 Å². The number of hydrogen-bond donors (Lipinski definition) is 0. The summed E-state index contributed by atoms with van der Waals surface area (Å²) in [7, 11) is 0. The van der Waals surface area contributed by atoms with Crippen LogP contribution >= 0.6 is 12.4 Å². The van der Waals surface area contributed by atoms with Crippen LogP contribution in [0.1, 0.15) is 97.3 Å². The van der Waals surface area contributed by atoms with Gasteiger partial charge in [-0.25, -0.2) is 0 Å². The van der Waals surface area contributed by atoms with Crippen LogP contribution in [0.5, 0.6) is 0 Å². The van der Waals surface area contributed by atoms with Crippen LogP contribution in [0.2, 0.25) is 0 Å². The number of nitrogens with zero attached hydrogens (tertiary/aromatic N) is 2. The van der Waals surface area contributed by atoms with E-state index in [0.717, 1.165) is 6.54 Å². The third-order valence-corrected chi connectivity index (χ3v) is 5.36. The number of allylic oxidation sites excluding steroid dienone is 2. The molecule has 0 radical (unpaired) electrons. The first-order chi connectivity index (χ1) is 13.9. The Hall–Kier alpha value is -1.28. The molecule has 1 aliphatic heterocycles. The molecule has 0 bridgehead atoms. The summed E-state index contributed by atoms with van der Waals surface area (Å²) >= 11 is 0. The van der Waals surface area contributed by atoms with Crippen LogP contribution < -0.4 is 0 Å². The maximum absolute atomic E-state index is 3.78. The van der Waals surface area contributed by atoms with Crippen molar-refractivity contribution in [3.05, 3.63) is 54.5 Å². The van der Waals surface area contributed by atoms with Crippen LogP contribution in [0.3, 0.4) is 0 Å². The largest absolute Gasteiger partial charge is 0.374 e. The van der Waals surface area contributed by atoms with E-state index in [0.29, 0.717) is 0 Å². The molecular weight excluding hydrogens is 376 g/mol. The number of hydrogen-bond acceptors (Lipinski definition) is 2. The van der Waals surface area contributed by atoms with Gasteiger partial charge in [0.25, 0.3) is 0 Å². The highest BCUT2D eigenvalue weighted by Gasteiger charge is 2.02. The summed E-state index contributed by atoms with van der Waals surface area (Å²) in [6.45, 7) is 6.89. The molecular formula is C26H45ClN2. The van der Waals surface area contributed by atoms with E-state index in [9.17, 15) is 0 Å². The van der Waals surface area contributed by atoms with Crippen molar-refractivity contribution in [2.75, 3.05) is 13.1 Å². The fraction of sp³-hybridized carbons (Fsp3) is 0.654. The lowest BCUT2D eigenvalue weighted by molar-refractivity contribution is 0.390. The lowest BCUT2D eigenvalue weighted by atomic mass is 10.1. The lowest BCUT2D eigenvalue weighted by Crippen LogP contribution is -2.21. The van der Waals surface area contributed by atoms with Gasteiger partial charge in [-0.15, -0.1) is 12.4 Å². The molecule has 0 aromatic carbocycles. The van der Waals surface area contributed by atoms with Crippen molar-refractivity contribution in [1.82, 2.24) is 9.88 Å². The monoisotopic (exact) mass is 420 g/mol. The molecule has 0 amide bonds. The quantitative estimate of drug-likeness (QED) is 0.281. The Labute approximate surface area is 187 Å². The average Bonchev–Trinajstić information content (AvgIpc) is 2.76. The molecule has 2 rings (SSSR count). The minimum Gasteiger partial charge on any atom is -0.374 e. The minimum absolute atomic E-state index is 0. The van der Waals surface area contributed by atoms with Crippen LogP contribution in [0.4, 0.5) is 0 Å². The van der Waals surface area contributed by atoms with Crippen molar-refractivity contribution in [3.8, 4) is 0 Å². The molecule has 1 aromatic rings. The fourth-order valence-corrected chi connectivity index (χ4v) is 3.46. The molecule has 0 fully saturated rings. The van der Waals surface area contributed by atoms with Gasteiger partial charge in [0.15, 0.2) is 0 Å². The van der Waals surface area contributed by atoms with Crippen molar-refractivity contribution < 1.29 is 0 Å². The normalized spacial score (nSPS) is 12.6. The molecule has 2 nitrogen and oxygen atoms in total. The van der Waals surface area contributed by atoms with E-state index in [1.807, 2.05) is 18.2 Å². The summed E-state index contributed by atoms with van der Waals surface area (Å²) in [5.74, 6) is 0. The van der Waals surface area contributed by atoms with E-state index < -0.39 is 0 Å². The maximum Gasteiger partial charge on any atom is 0.0359 e. The van der Waals surface area contributed by atoms with Crippen molar-refractivity contribution in [3.63, 3.8) is 0 Å². The third kappa shape index (κ3) is 17.3. The van der Waals surface area contributed by atoms with Gasteiger partial charge in [-0.05, 0) is 42.8 Å². The zero-order valence-electron chi connectivity index (χ0n) is 19.0. The van der Waals surface area contributed by atoms with E-state index in [2.05, 4.69) is 42.1 Å². The Morgan fingerprint density at radius 3 is 1.69 bits per heavy atom. The molecule has 0 saturated carbocycles. The molecule has 29 heavy (non-hydrogen) atoms. The predicted octanol–water partition coefficient (Wildman–Crippen LogP) is 8.36. The summed E-state index contributed by atoms with van der Waals surface area (Å²) in [5, 5.41) is 0. The van der Waals surface area contributed by atoms with Crippen molar-refractivity contribution in [1.29, 1.82) is 0 Å². The van der Waals surface area contributed by atoms with E-state index in [1.165, 1.54) is 95.6 Å². The summed E-state index contributed by atoms with van der Waals surface area (Å²) in [5.41, 5.74) is 1.49. The number of pyridine rings is 1. The van der Waals surface area contributed by atoms with Gasteiger partial charge in [0.05, 0.1) is 0 Å². The van der Waals surface area contributed by atoms with Crippen molar-refractivity contribution >= 4 is 12.4 Å². The molecule has 3 heteroatoms. The SMILES string of the molecule is CCCCCCCCCCCCCCN1C=CC(CC)=CC1.Cl.c1ccncc1. The zero-order chi connectivity index (χ0) is 20.1. The molecule has 0 unspecified atom stereocenters. The fourth-order valence-electron chi connectivity index (χ4n) is 3.46. The van der Waals surface area contributed by atoms with E-state index in [1.54, 1.807) is 12.4 Å². The number of aromatic nitrogens is 1. The van der Waals surface area contributed by atoms with Crippen LogP contribution in [-0.2, 0) is 0 Å². The molecule has 2 heterocycles. The van der Waals surface area contributed by atoms with Crippen LogP contribution in [-0.4, -0.2) is 23.0 Å². The van der Waals surface area contributed by atoms with Gasteiger partial charge in [-0.3, -0.25) is 4.98 Å². The maximum atomic E-state index is 3.78. The molecule has 166 valence electrons. The second-order valence-corrected chi connectivity index (χ2v) is 7.86. The standard InChI is InChI=1S/C21H39N.C5H5N.ClH/c1-3-5-6-7-8-9-10-11-12-13-14-15-18-22-19-16-21(4-2)17-20-22;1-2-4-6-5-3-1;/h16-17,19H,3-15,18,20H2,1-2H3;1-5H;1H.